The number of rotatable bonds is 4. The molecule has 0 aliphatic rings. The van der Waals surface area contributed by atoms with Crippen LogP contribution >= 0.6 is 0 Å². The van der Waals surface area contributed by atoms with Gasteiger partial charge in [0.05, 0.1) is 0 Å². The molecule has 3 aromatic rings. The van der Waals surface area contributed by atoms with Gasteiger partial charge in [-0.1, -0.05) is 42.5 Å². The van der Waals surface area contributed by atoms with Gasteiger partial charge in [-0.25, -0.2) is 0 Å². The van der Waals surface area contributed by atoms with Crippen LogP contribution in [0.2, 0.25) is 0 Å². The van der Waals surface area contributed by atoms with E-state index in [2.05, 4.69) is 10.3 Å². The number of nitrogens with zero attached hydrogens (tertiary/aromatic N) is 1. The van der Waals surface area contributed by atoms with E-state index in [-0.39, 0.29) is 5.91 Å². The zero-order valence-corrected chi connectivity index (χ0v) is 12.2. The summed E-state index contributed by atoms with van der Waals surface area (Å²) in [6, 6.07) is 17.5. The topological polar surface area (TPSA) is 51.2 Å². The molecule has 0 saturated heterocycles. The normalized spacial score (nSPS) is 10.4. The molecule has 0 aliphatic carbocycles. The van der Waals surface area contributed by atoms with Gasteiger partial charge in [-0.2, -0.15) is 0 Å². The highest BCUT2D eigenvalue weighted by molar-refractivity contribution is 6.06. The van der Waals surface area contributed by atoms with Gasteiger partial charge >= 0.3 is 0 Å². The van der Waals surface area contributed by atoms with E-state index in [4.69, 9.17) is 4.74 Å². The summed E-state index contributed by atoms with van der Waals surface area (Å²) in [7, 11) is 1.60. The first-order valence-corrected chi connectivity index (χ1v) is 7.06. The summed E-state index contributed by atoms with van der Waals surface area (Å²) in [4.78, 5) is 16.1. The van der Waals surface area contributed by atoms with Crippen LogP contribution < -0.4 is 10.1 Å². The molecule has 1 aromatic heterocycles. The molecule has 0 fully saturated rings. The second-order valence-corrected chi connectivity index (χ2v) is 4.86. The average Bonchev–Trinajstić information content (AvgIpc) is 2.59. The first kappa shape index (κ1) is 14.1. The Bertz CT molecular complexity index is 801. The van der Waals surface area contributed by atoms with Crippen LogP contribution in [0.5, 0.6) is 5.75 Å². The number of pyridine rings is 1. The lowest BCUT2D eigenvalue weighted by Crippen LogP contribution is -2.19. The molecule has 0 aliphatic heterocycles. The van der Waals surface area contributed by atoms with E-state index in [0.717, 1.165) is 22.1 Å². The van der Waals surface area contributed by atoms with Gasteiger partial charge < -0.3 is 10.1 Å². The average molecular weight is 292 g/mol. The summed E-state index contributed by atoms with van der Waals surface area (Å²) >= 11 is 0. The first-order chi connectivity index (χ1) is 10.8. The number of hydrogen-bond acceptors (Lipinski definition) is 3. The fourth-order valence-corrected chi connectivity index (χ4v) is 2.34. The highest BCUT2D eigenvalue weighted by Crippen LogP contribution is 2.27. The predicted octanol–water partition coefficient (Wildman–Crippen LogP) is 3.17. The van der Waals surface area contributed by atoms with Crippen LogP contribution in [0.15, 0.2) is 60.8 Å². The summed E-state index contributed by atoms with van der Waals surface area (Å²) in [6.45, 7) is 0.484. The molecule has 3 rings (SSSR count). The summed E-state index contributed by atoms with van der Waals surface area (Å²) in [5.74, 6) is 0.541. The Hall–Kier alpha value is -2.88. The molecule has 2 aromatic carbocycles. The molecule has 110 valence electrons. The second kappa shape index (κ2) is 6.26. The number of fused-ring (bicyclic) bond motifs is 1. The summed E-state index contributed by atoms with van der Waals surface area (Å²) < 4.78 is 5.91. The summed E-state index contributed by atoms with van der Waals surface area (Å²) in [5.41, 5.74) is 1.50. The van der Waals surface area contributed by atoms with Crippen LogP contribution in [0.4, 0.5) is 0 Å². The van der Waals surface area contributed by atoms with E-state index in [1.54, 1.807) is 13.2 Å². The fraction of sp³-hybridized carbons (Fsp3) is 0.111. The lowest BCUT2D eigenvalue weighted by atomic mass is 10.1. The third-order valence-corrected chi connectivity index (χ3v) is 3.45. The molecule has 22 heavy (non-hydrogen) atoms. The van der Waals surface area contributed by atoms with Gasteiger partial charge in [-0.05, 0) is 17.7 Å². The van der Waals surface area contributed by atoms with E-state index >= 15 is 0 Å². The van der Waals surface area contributed by atoms with Crippen molar-refractivity contribution >= 4 is 16.7 Å². The maximum absolute atomic E-state index is 11.9. The van der Waals surface area contributed by atoms with Crippen molar-refractivity contribution < 1.29 is 9.53 Å². The molecule has 0 radical (unpaired) electrons. The maximum atomic E-state index is 11.9. The minimum Gasteiger partial charge on any atom is -0.488 e. The number of nitrogens with one attached hydrogen (secondary N) is 1. The number of carbonyl (C=O) groups excluding carboxylic acids is 1. The second-order valence-electron chi connectivity index (χ2n) is 4.86. The quantitative estimate of drug-likeness (QED) is 0.803. The largest absolute Gasteiger partial charge is 0.488 e. The highest BCUT2D eigenvalue weighted by Gasteiger charge is 2.12. The van der Waals surface area contributed by atoms with Crippen molar-refractivity contribution in [3.05, 3.63) is 72.1 Å². The zero-order chi connectivity index (χ0) is 15.4. The molecule has 0 unspecified atom stereocenters. The Labute approximate surface area is 128 Å². The molecule has 4 heteroatoms. The Balaban J connectivity index is 1.95. The summed E-state index contributed by atoms with van der Waals surface area (Å²) in [5, 5.41) is 4.27. The molecular weight excluding hydrogens is 276 g/mol. The number of benzene rings is 2. The molecule has 1 heterocycles. The minimum atomic E-state index is -0.203. The van der Waals surface area contributed by atoms with Gasteiger partial charge in [0, 0.05) is 24.0 Å². The van der Waals surface area contributed by atoms with Crippen molar-refractivity contribution in [2.75, 3.05) is 7.05 Å². The molecule has 0 saturated carbocycles. The van der Waals surface area contributed by atoms with E-state index in [0.29, 0.717) is 12.3 Å². The molecule has 0 spiro atoms. The number of hydrogen-bond donors (Lipinski definition) is 1. The van der Waals surface area contributed by atoms with Crippen molar-refractivity contribution in [3.8, 4) is 5.75 Å². The van der Waals surface area contributed by atoms with Crippen LogP contribution in [0, 0.1) is 0 Å². The van der Waals surface area contributed by atoms with Crippen molar-refractivity contribution in [1.82, 2.24) is 10.3 Å². The lowest BCUT2D eigenvalue weighted by Gasteiger charge is -2.11. The van der Waals surface area contributed by atoms with E-state index in [1.807, 2.05) is 54.6 Å². The molecule has 0 atom stereocenters. The smallest absolute Gasteiger partial charge is 0.270 e. The highest BCUT2D eigenvalue weighted by atomic mass is 16.5. The van der Waals surface area contributed by atoms with E-state index in [1.165, 1.54) is 0 Å². The fourth-order valence-electron chi connectivity index (χ4n) is 2.34. The predicted molar refractivity (Wildman–Crippen MR) is 85.9 cm³/mol. The van der Waals surface area contributed by atoms with Gasteiger partial charge in [-0.15, -0.1) is 0 Å². The number of amides is 1. The van der Waals surface area contributed by atoms with Gasteiger partial charge in [0.1, 0.15) is 18.1 Å². The maximum Gasteiger partial charge on any atom is 0.270 e. The zero-order valence-electron chi connectivity index (χ0n) is 12.2. The Morgan fingerprint density at radius 1 is 1.05 bits per heavy atom. The first-order valence-electron chi connectivity index (χ1n) is 7.06. The van der Waals surface area contributed by atoms with Gasteiger partial charge in [-0.3, -0.25) is 9.78 Å². The van der Waals surface area contributed by atoms with Crippen LogP contribution in [0.1, 0.15) is 16.1 Å². The van der Waals surface area contributed by atoms with Gasteiger partial charge in [0.25, 0.3) is 5.91 Å². The number of ether oxygens (including phenoxy) is 1. The third-order valence-electron chi connectivity index (χ3n) is 3.45. The Morgan fingerprint density at radius 3 is 2.64 bits per heavy atom. The van der Waals surface area contributed by atoms with Gasteiger partial charge in [0.15, 0.2) is 0 Å². The third kappa shape index (κ3) is 2.76. The van der Waals surface area contributed by atoms with Gasteiger partial charge in [0.2, 0.25) is 0 Å². The molecular formula is C18H16N2O2. The van der Waals surface area contributed by atoms with Crippen molar-refractivity contribution in [1.29, 1.82) is 0 Å². The van der Waals surface area contributed by atoms with Crippen molar-refractivity contribution in [2.24, 2.45) is 0 Å². The molecule has 0 bridgehead atoms. The Morgan fingerprint density at radius 2 is 1.86 bits per heavy atom. The van der Waals surface area contributed by atoms with Crippen molar-refractivity contribution in [2.45, 2.75) is 6.61 Å². The number of aromatic nitrogens is 1. The molecule has 1 amide bonds. The van der Waals surface area contributed by atoms with Crippen LogP contribution in [0.25, 0.3) is 10.8 Å². The lowest BCUT2D eigenvalue weighted by molar-refractivity contribution is 0.0960. The van der Waals surface area contributed by atoms with Crippen molar-refractivity contribution in [3.63, 3.8) is 0 Å². The van der Waals surface area contributed by atoms with E-state index in [9.17, 15) is 4.79 Å². The SMILES string of the molecule is CNC(=O)c1nccc2c(OCc3ccccc3)cccc12. The van der Waals surface area contributed by atoms with E-state index < -0.39 is 0 Å². The molecule has 1 N–H and O–H groups in total. The summed E-state index contributed by atoms with van der Waals surface area (Å²) in [6.07, 6.45) is 1.63. The van der Waals surface area contributed by atoms with Crippen LogP contribution in [0.3, 0.4) is 0 Å². The monoisotopic (exact) mass is 292 g/mol. The number of carbonyl (C=O) groups is 1. The molecule has 4 nitrogen and oxygen atoms in total. The Kier molecular flexibility index (Phi) is 4.01. The van der Waals surface area contributed by atoms with Crippen LogP contribution in [-0.2, 0) is 6.61 Å². The van der Waals surface area contributed by atoms with Crippen LogP contribution in [-0.4, -0.2) is 17.9 Å². The minimum absolute atomic E-state index is 0.203. The standard InChI is InChI=1S/C18H16N2O2/c1-19-18(21)17-15-8-5-9-16(14(15)10-11-20-17)22-12-13-6-3-2-4-7-13/h2-11H,12H2,1H3,(H,19,21).